The average molecular weight is 296 g/mol. The number of amides is 1. The summed E-state index contributed by atoms with van der Waals surface area (Å²) in [5.41, 5.74) is 10.8. The molecule has 0 bridgehead atoms. The largest absolute Gasteiger partial charge is 0.330 e. The maximum Gasteiger partial charge on any atom is 0.248 e. The quantitative estimate of drug-likeness (QED) is 0.675. The maximum atomic E-state index is 12.1. The third-order valence-electron chi connectivity index (χ3n) is 1.95. The fraction of sp³-hybridized carbons (Fsp3) is 0.333. The molecule has 0 spiro atoms. The van der Waals surface area contributed by atoms with Gasteiger partial charge in [0.25, 0.3) is 0 Å². The standard InChI is InChI=1S/C9H14ClN3O2S2/c1-17(15,8-4-6(10)5-16-8)13-9(14)7(12)2-3-11/h4-5,7H,1-3,11-12H2,(H,13,14,15)/t7-,17?/m0/s1. The van der Waals surface area contributed by atoms with Crippen LogP contribution in [0.2, 0.25) is 5.02 Å². The molecule has 17 heavy (non-hydrogen) atoms. The summed E-state index contributed by atoms with van der Waals surface area (Å²) in [4.78, 5) is 11.6. The smallest absolute Gasteiger partial charge is 0.248 e. The van der Waals surface area contributed by atoms with E-state index in [9.17, 15) is 9.00 Å². The predicted molar refractivity (Wildman–Crippen MR) is 72.6 cm³/mol. The van der Waals surface area contributed by atoms with Gasteiger partial charge in [-0.25, -0.2) is 4.21 Å². The van der Waals surface area contributed by atoms with Gasteiger partial charge in [0.2, 0.25) is 5.91 Å². The van der Waals surface area contributed by atoms with E-state index in [4.69, 9.17) is 23.1 Å². The summed E-state index contributed by atoms with van der Waals surface area (Å²) in [6.45, 7) is 0.289. The number of hydrogen-bond acceptors (Lipinski definition) is 5. The molecular formula is C9H14ClN3O2S2. The highest BCUT2D eigenvalue weighted by Gasteiger charge is 2.18. The second kappa shape index (κ2) is 5.83. The molecule has 0 fully saturated rings. The third-order valence-corrected chi connectivity index (χ3v) is 5.41. The molecule has 1 rings (SSSR count). The van der Waals surface area contributed by atoms with Gasteiger partial charge in [0, 0.05) is 5.38 Å². The van der Waals surface area contributed by atoms with E-state index >= 15 is 0 Å². The predicted octanol–water partition coefficient (Wildman–Crippen LogP) is 0.184. The lowest BCUT2D eigenvalue weighted by Gasteiger charge is -2.13. The first-order valence-corrected chi connectivity index (χ1v) is 7.74. The van der Waals surface area contributed by atoms with Crippen molar-refractivity contribution in [1.29, 1.82) is 0 Å². The number of nitrogens with two attached hydrogens (primary N) is 2. The van der Waals surface area contributed by atoms with Gasteiger partial charge in [-0.1, -0.05) is 11.6 Å². The van der Waals surface area contributed by atoms with Gasteiger partial charge in [-0.2, -0.15) is 0 Å². The Kier molecular flexibility index (Phi) is 4.96. The van der Waals surface area contributed by atoms with Crippen LogP contribution in [-0.4, -0.2) is 28.6 Å². The van der Waals surface area contributed by atoms with Crippen LogP contribution >= 0.6 is 22.9 Å². The molecule has 1 aromatic heterocycles. The second-order valence-electron chi connectivity index (χ2n) is 3.41. The van der Waals surface area contributed by atoms with Crippen LogP contribution in [0.4, 0.5) is 0 Å². The number of thiophene rings is 1. The van der Waals surface area contributed by atoms with Crippen LogP contribution in [-0.2, 0) is 14.5 Å². The van der Waals surface area contributed by atoms with E-state index in [2.05, 4.69) is 10.6 Å². The number of nitrogens with one attached hydrogen (secondary N) is 1. The molecule has 96 valence electrons. The van der Waals surface area contributed by atoms with Crippen LogP contribution in [0.25, 0.3) is 0 Å². The molecule has 2 atom stereocenters. The summed E-state index contributed by atoms with van der Waals surface area (Å²) in [6, 6.07) is 0.731. The zero-order valence-corrected chi connectivity index (χ0v) is 11.4. The Bertz CT molecular complexity index is 498. The Morgan fingerprint density at radius 1 is 1.71 bits per heavy atom. The number of halogens is 1. The van der Waals surface area contributed by atoms with E-state index < -0.39 is 21.7 Å². The molecule has 0 aliphatic heterocycles. The van der Waals surface area contributed by atoms with Gasteiger partial charge in [0.05, 0.1) is 20.8 Å². The van der Waals surface area contributed by atoms with E-state index in [1.54, 1.807) is 5.38 Å². The highest BCUT2D eigenvalue weighted by molar-refractivity contribution is 8.00. The van der Waals surface area contributed by atoms with E-state index in [-0.39, 0.29) is 6.54 Å². The third kappa shape index (κ3) is 3.97. The average Bonchev–Trinajstić information content (AvgIpc) is 2.65. The molecule has 0 aromatic carbocycles. The summed E-state index contributed by atoms with van der Waals surface area (Å²) in [7, 11) is -2.89. The van der Waals surface area contributed by atoms with Gasteiger partial charge in [-0.3, -0.25) is 9.52 Å². The summed E-state index contributed by atoms with van der Waals surface area (Å²) in [5, 5.41) is 2.08. The van der Waals surface area contributed by atoms with Crippen molar-refractivity contribution >= 4 is 44.4 Å². The lowest BCUT2D eigenvalue weighted by Crippen LogP contribution is -2.44. The first-order valence-electron chi connectivity index (χ1n) is 4.75. The number of carbonyl (C=O) groups excluding carboxylic acids is 1. The lowest BCUT2D eigenvalue weighted by molar-refractivity contribution is -0.120. The van der Waals surface area contributed by atoms with Crippen molar-refractivity contribution in [3.8, 4) is 0 Å². The van der Waals surface area contributed by atoms with Gasteiger partial charge >= 0.3 is 0 Å². The van der Waals surface area contributed by atoms with Crippen molar-refractivity contribution in [3.63, 3.8) is 0 Å². The van der Waals surface area contributed by atoms with Gasteiger partial charge in [-0.05, 0) is 24.9 Å². The fourth-order valence-electron chi connectivity index (χ4n) is 1.07. The molecule has 0 radical (unpaired) electrons. The fourth-order valence-corrected chi connectivity index (χ4v) is 3.72. The number of hydrogen-bond donors (Lipinski definition) is 3. The summed E-state index contributed by atoms with van der Waals surface area (Å²) in [6.07, 6.45) is 0.326. The normalized spacial score (nSPS) is 16.2. The Balaban J connectivity index is 2.77. The summed E-state index contributed by atoms with van der Waals surface area (Å²) in [5.74, 6) is 2.97. The molecule has 8 heteroatoms. The molecule has 0 aliphatic carbocycles. The van der Waals surface area contributed by atoms with E-state index in [1.807, 2.05) is 0 Å². The van der Waals surface area contributed by atoms with Gasteiger partial charge in [0.15, 0.2) is 0 Å². The minimum atomic E-state index is -2.89. The van der Waals surface area contributed by atoms with Crippen molar-refractivity contribution < 1.29 is 9.00 Å². The van der Waals surface area contributed by atoms with Gasteiger partial charge in [0.1, 0.15) is 4.21 Å². The summed E-state index contributed by atoms with van der Waals surface area (Å²) < 4.78 is 14.9. The highest BCUT2D eigenvalue weighted by Crippen LogP contribution is 2.23. The zero-order chi connectivity index (χ0) is 13.1. The zero-order valence-electron chi connectivity index (χ0n) is 9.02. The molecule has 0 aliphatic rings. The maximum absolute atomic E-state index is 12.1. The van der Waals surface area contributed by atoms with E-state index in [0.29, 0.717) is 15.7 Å². The molecule has 1 aromatic rings. The minimum Gasteiger partial charge on any atom is -0.330 e. The van der Waals surface area contributed by atoms with Crippen LogP contribution in [0.5, 0.6) is 0 Å². The van der Waals surface area contributed by atoms with E-state index in [1.165, 1.54) is 17.4 Å². The Morgan fingerprint density at radius 2 is 2.35 bits per heavy atom. The van der Waals surface area contributed by atoms with Crippen molar-refractivity contribution in [2.24, 2.45) is 11.5 Å². The van der Waals surface area contributed by atoms with Crippen molar-refractivity contribution in [1.82, 2.24) is 4.72 Å². The Hall–Kier alpha value is -0.600. The summed E-state index contributed by atoms with van der Waals surface area (Å²) >= 11 is 6.89. The Labute approximate surface area is 109 Å². The van der Waals surface area contributed by atoms with Crippen LogP contribution in [0, 0.1) is 0 Å². The molecule has 0 saturated carbocycles. The highest BCUT2D eigenvalue weighted by atomic mass is 35.5. The molecule has 5 nitrogen and oxygen atoms in total. The van der Waals surface area contributed by atoms with Crippen LogP contribution < -0.4 is 16.2 Å². The molecule has 0 saturated heterocycles. The van der Waals surface area contributed by atoms with Crippen LogP contribution in [0.1, 0.15) is 6.42 Å². The van der Waals surface area contributed by atoms with Crippen LogP contribution in [0.15, 0.2) is 15.7 Å². The van der Waals surface area contributed by atoms with Crippen LogP contribution in [0.3, 0.4) is 0 Å². The SMILES string of the molecule is C=S(=O)(NC(=O)[C@@H](N)CCN)c1cc(Cl)cs1. The molecule has 1 heterocycles. The molecular weight excluding hydrogens is 282 g/mol. The van der Waals surface area contributed by atoms with Gasteiger partial charge in [-0.15, -0.1) is 11.3 Å². The number of rotatable bonds is 5. The lowest BCUT2D eigenvalue weighted by atomic mass is 10.2. The molecule has 1 unspecified atom stereocenters. The first kappa shape index (κ1) is 14.5. The Morgan fingerprint density at radius 3 is 2.82 bits per heavy atom. The minimum absolute atomic E-state index is 0.289. The van der Waals surface area contributed by atoms with Crippen molar-refractivity contribution in [2.45, 2.75) is 16.7 Å². The van der Waals surface area contributed by atoms with Crippen molar-refractivity contribution in [2.75, 3.05) is 6.54 Å². The molecule has 5 N–H and O–H groups in total. The van der Waals surface area contributed by atoms with Gasteiger partial charge < -0.3 is 11.5 Å². The first-order chi connectivity index (χ1) is 7.86. The topological polar surface area (TPSA) is 98.2 Å². The number of carbonyl (C=O) groups is 1. The van der Waals surface area contributed by atoms with Crippen molar-refractivity contribution in [3.05, 3.63) is 16.5 Å². The monoisotopic (exact) mass is 295 g/mol. The second-order valence-corrected chi connectivity index (χ2v) is 7.01. The van der Waals surface area contributed by atoms with E-state index in [0.717, 1.165) is 0 Å². The molecule has 1 amide bonds.